The molecule has 0 bridgehead atoms. The molecule has 2 aliphatic rings. The zero-order valence-corrected chi connectivity index (χ0v) is 9.95. The molecule has 1 aliphatic carbocycles. The molecule has 1 fully saturated rings. The highest BCUT2D eigenvalue weighted by Gasteiger charge is 2.28. The third kappa shape index (κ3) is 2.85. The number of likely N-dealkylation sites (tertiary alicyclic amines) is 1. The van der Waals surface area contributed by atoms with Crippen molar-refractivity contribution in [2.45, 2.75) is 38.5 Å². The molecule has 0 aromatic carbocycles. The van der Waals surface area contributed by atoms with Gasteiger partial charge in [0.15, 0.2) is 0 Å². The summed E-state index contributed by atoms with van der Waals surface area (Å²) < 4.78 is 0. The molecule has 2 N–H and O–H groups in total. The van der Waals surface area contributed by atoms with E-state index in [1.807, 2.05) is 4.90 Å². The molecular weight excluding hydrogens is 200 g/mol. The molecule has 1 amide bonds. The van der Waals surface area contributed by atoms with E-state index in [4.69, 9.17) is 5.73 Å². The van der Waals surface area contributed by atoms with Crippen molar-refractivity contribution in [3.63, 3.8) is 0 Å². The predicted molar refractivity (Wildman–Crippen MR) is 64.9 cm³/mol. The van der Waals surface area contributed by atoms with E-state index in [2.05, 4.69) is 6.08 Å². The molecule has 1 heterocycles. The Hall–Kier alpha value is -0.830. The second-order valence-corrected chi connectivity index (χ2v) is 5.00. The fraction of sp³-hybridized carbons (Fsp3) is 0.769. The lowest BCUT2D eigenvalue weighted by atomic mass is 9.97. The molecular formula is C13H22N2O. The minimum absolute atomic E-state index is 0.298. The Bertz CT molecular complexity index is 286. The van der Waals surface area contributed by atoms with Crippen LogP contribution in [-0.2, 0) is 4.79 Å². The lowest BCUT2D eigenvalue weighted by Crippen LogP contribution is -2.27. The second kappa shape index (κ2) is 5.48. The highest BCUT2D eigenvalue weighted by molar-refractivity contribution is 5.78. The van der Waals surface area contributed by atoms with E-state index in [-0.39, 0.29) is 0 Å². The Morgan fingerprint density at radius 3 is 2.94 bits per heavy atom. The minimum Gasteiger partial charge on any atom is -0.342 e. The number of rotatable bonds is 4. The molecule has 0 aromatic heterocycles. The van der Waals surface area contributed by atoms with Gasteiger partial charge >= 0.3 is 0 Å². The first-order chi connectivity index (χ1) is 7.79. The fourth-order valence-corrected chi connectivity index (χ4v) is 2.64. The van der Waals surface area contributed by atoms with Gasteiger partial charge in [0.2, 0.25) is 5.91 Å². The molecule has 90 valence electrons. The van der Waals surface area contributed by atoms with Crippen molar-refractivity contribution >= 4 is 5.91 Å². The van der Waals surface area contributed by atoms with E-state index in [0.29, 0.717) is 24.8 Å². The summed E-state index contributed by atoms with van der Waals surface area (Å²) in [4.78, 5) is 13.7. The van der Waals surface area contributed by atoms with Crippen LogP contribution in [0.2, 0.25) is 0 Å². The number of hydrogen-bond donors (Lipinski definition) is 1. The highest BCUT2D eigenvalue weighted by atomic mass is 16.2. The largest absolute Gasteiger partial charge is 0.342 e. The topological polar surface area (TPSA) is 46.3 Å². The lowest BCUT2D eigenvalue weighted by Gasteiger charge is -2.19. The van der Waals surface area contributed by atoms with Gasteiger partial charge in [-0.1, -0.05) is 11.6 Å². The van der Waals surface area contributed by atoms with Gasteiger partial charge in [0.25, 0.3) is 0 Å². The number of nitrogens with two attached hydrogens (primary N) is 1. The highest BCUT2D eigenvalue weighted by Crippen LogP contribution is 2.22. The summed E-state index contributed by atoms with van der Waals surface area (Å²) in [5.74, 6) is 0.694. The van der Waals surface area contributed by atoms with Crippen molar-refractivity contribution in [1.29, 1.82) is 0 Å². The number of hydrogen-bond acceptors (Lipinski definition) is 2. The van der Waals surface area contributed by atoms with E-state index in [0.717, 1.165) is 19.5 Å². The van der Waals surface area contributed by atoms with Gasteiger partial charge in [-0.05, 0) is 44.6 Å². The molecule has 16 heavy (non-hydrogen) atoms. The molecule has 1 saturated heterocycles. The van der Waals surface area contributed by atoms with Crippen LogP contribution in [0.3, 0.4) is 0 Å². The Balaban J connectivity index is 1.77. The molecule has 0 radical (unpaired) electrons. The van der Waals surface area contributed by atoms with Crippen LogP contribution in [0.25, 0.3) is 0 Å². The zero-order valence-electron chi connectivity index (χ0n) is 9.95. The van der Waals surface area contributed by atoms with Crippen LogP contribution in [0.4, 0.5) is 0 Å². The van der Waals surface area contributed by atoms with Gasteiger partial charge in [0, 0.05) is 19.5 Å². The number of allylic oxidation sites excluding steroid dienone is 1. The monoisotopic (exact) mass is 222 g/mol. The van der Waals surface area contributed by atoms with Crippen LogP contribution in [0.1, 0.15) is 38.5 Å². The molecule has 1 unspecified atom stereocenters. The first-order valence-electron chi connectivity index (χ1n) is 6.45. The zero-order chi connectivity index (χ0) is 11.4. The smallest absolute Gasteiger partial charge is 0.222 e. The van der Waals surface area contributed by atoms with Crippen LogP contribution in [0, 0.1) is 5.92 Å². The van der Waals surface area contributed by atoms with Crippen LogP contribution in [0.15, 0.2) is 11.6 Å². The molecule has 2 rings (SSSR count). The van der Waals surface area contributed by atoms with Crippen molar-refractivity contribution in [3.05, 3.63) is 11.6 Å². The molecule has 1 aliphatic heterocycles. The van der Waals surface area contributed by atoms with Gasteiger partial charge in [-0.25, -0.2) is 0 Å². The van der Waals surface area contributed by atoms with Gasteiger partial charge in [-0.2, -0.15) is 0 Å². The van der Waals surface area contributed by atoms with Crippen molar-refractivity contribution < 1.29 is 4.79 Å². The van der Waals surface area contributed by atoms with Crippen LogP contribution in [-0.4, -0.2) is 30.4 Å². The third-order valence-electron chi connectivity index (χ3n) is 3.72. The maximum Gasteiger partial charge on any atom is 0.222 e. The first-order valence-corrected chi connectivity index (χ1v) is 6.45. The SMILES string of the molecule is NCC1CC(=O)N(CCC2=CCCCC2)C1. The normalized spacial score (nSPS) is 26.1. The molecule has 0 saturated carbocycles. The van der Waals surface area contributed by atoms with Gasteiger partial charge < -0.3 is 10.6 Å². The van der Waals surface area contributed by atoms with E-state index in [1.165, 1.54) is 25.7 Å². The summed E-state index contributed by atoms with van der Waals surface area (Å²) in [5, 5.41) is 0. The van der Waals surface area contributed by atoms with Crippen molar-refractivity contribution in [3.8, 4) is 0 Å². The molecule has 3 nitrogen and oxygen atoms in total. The standard InChI is InChI=1S/C13H22N2O/c14-9-12-8-13(16)15(10-12)7-6-11-4-2-1-3-5-11/h4,12H,1-3,5-10,14H2. The summed E-state index contributed by atoms with van der Waals surface area (Å²) in [6.45, 7) is 2.43. The van der Waals surface area contributed by atoms with Crippen LogP contribution < -0.4 is 5.73 Å². The second-order valence-electron chi connectivity index (χ2n) is 5.00. The van der Waals surface area contributed by atoms with Crippen LogP contribution >= 0.6 is 0 Å². The van der Waals surface area contributed by atoms with Gasteiger partial charge in [-0.15, -0.1) is 0 Å². The predicted octanol–water partition coefficient (Wildman–Crippen LogP) is 1.68. The third-order valence-corrected chi connectivity index (χ3v) is 3.72. The Labute approximate surface area is 97.7 Å². The molecule has 1 atom stereocenters. The van der Waals surface area contributed by atoms with E-state index < -0.39 is 0 Å². The fourth-order valence-electron chi connectivity index (χ4n) is 2.64. The van der Waals surface area contributed by atoms with E-state index in [1.54, 1.807) is 5.57 Å². The maximum atomic E-state index is 11.7. The summed E-state index contributed by atoms with van der Waals surface area (Å²) in [5.41, 5.74) is 7.16. The number of carbonyl (C=O) groups excluding carboxylic acids is 1. The number of amides is 1. The minimum atomic E-state index is 0.298. The first kappa shape index (κ1) is 11.6. The summed E-state index contributed by atoms with van der Waals surface area (Å²) in [6, 6.07) is 0. The Morgan fingerprint density at radius 1 is 1.44 bits per heavy atom. The average molecular weight is 222 g/mol. The Kier molecular flexibility index (Phi) is 3.99. The summed E-state index contributed by atoms with van der Waals surface area (Å²) >= 11 is 0. The van der Waals surface area contributed by atoms with Crippen molar-refractivity contribution in [1.82, 2.24) is 4.90 Å². The van der Waals surface area contributed by atoms with E-state index >= 15 is 0 Å². The number of nitrogens with zero attached hydrogens (tertiary/aromatic N) is 1. The van der Waals surface area contributed by atoms with Crippen molar-refractivity contribution in [2.75, 3.05) is 19.6 Å². The van der Waals surface area contributed by atoms with E-state index in [9.17, 15) is 4.79 Å². The summed E-state index contributed by atoms with van der Waals surface area (Å²) in [6.07, 6.45) is 9.23. The molecule has 0 spiro atoms. The quantitative estimate of drug-likeness (QED) is 0.736. The van der Waals surface area contributed by atoms with Gasteiger partial charge in [0.05, 0.1) is 0 Å². The molecule has 3 heteroatoms. The van der Waals surface area contributed by atoms with Crippen molar-refractivity contribution in [2.24, 2.45) is 11.7 Å². The van der Waals surface area contributed by atoms with Crippen LogP contribution in [0.5, 0.6) is 0 Å². The number of carbonyl (C=O) groups is 1. The Morgan fingerprint density at radius 2 is 2.31 bits per heavy atom. The average Bonchev–Trinajstić information content (AvgIpc) is 2.69. The van der Waals surface area contributed by atoms with Gasteiger partial charge in [-0.3, -0.25) is 4.79 Å². The maximum absolute atomic E-state index is 11.7. The molecule has 0 aromatic rings. The summed E-state index contributed by atoms with van der Waals surface area (Å²) in [7, 11) is 0. The lowest BCUT2D eigenvalue weighted by molar-refractivity contribution is -0.127. The van der Waals surface area contributed by atoms with Gasteiger partial charge in [0.1, 0.15) is 0 Å².